The smallest absolute Gasteiger partial charge is 0.412 e. The van der Waals surface area contributed by atoms with Gasteiger partial charge in [0.25, 0.3) is 0 Å². The van der Waals surface area contributed by atoms with Crippen LogP contribution in [-0.2, 0) is 29.4 Å². The minimum Gasteiger partial charge on any atom is -0.464 e. The van der Waals surface area contributed by atoms with Gasteiger partial charge in [0.2, 0.25) is 5.91 Å². The number of imidazole rings is 1. The number of H-pyrrole nitrogens is 1. The molecule has 6 rings (SSSR count). The number of rotatable bonds is 4. The van der Waals surface area contributed by atoms with E-state index in [2.05, 4.69) is 25.9 Å². The number of aromatic amines is 1. The van der Waals surface area contributed by atoms with Crippen LogP contribution >= 0.6 is 11.6 Å². The van der Waals surface area contributed by atoms with Gasteiger partial charge in [0.15, 0.2) is 11.4 Å². The number of piperidine rings is 1. The van der Waals surface area contributed by atoms with Crippen LogP contribution in [0.4, 0.5) is 31.0 Å². The lowest BCUT2D eigenvalue weighted by Gasteiger charge is -2.45. The number of fused-ring (bicyclic) bond motifs is 6. The average molecular weight is 683 g/mol. The van der Waals surface area contributed by atoms with Gasteiger partial charge in [-0.2, -0.15) is 0 Å². The van der Waals surface area contributed by atoms with Gasteiger partial charge in [0.05, 0.1) is 54.3 Å². The highest BCUT2D eigenvalue weighted by Gasteiger charge is 2.49. The van der Waals surface area contributed by atoms with Crippen LogP contribution in [-0.4, -0.2) is 71.8 Å². The molecule has 254 valence electrons. The van der Waals surface area contributed by atoms with Crippen molar-refractivity contribution in [3.8, 4) is 11.3 Å². The van der Waals surface area contributed by atoms with E-state index in [9.17, 15) is 19.2 Å². The van der Waals surface area contributed by atoms with Gasteiger partial charge in [-0.05, 0) is 62.9 Å². The van der Waals surface area contributed by atoms with Crippen molar-refractivity contribution in [2.45, 2.75) is 63.0 Å². The van der Waals surface area contributed by atoms with Crippen molar-refractivity contribution >= 4 is 52.7 Å². The fraction of sp³-hybridized carbons (Fsp3) is 0.424. The molecule has 3 aromatic rings. The number of hydrogen-bond donors (Lipinski definition) is 4. The molecular weight excluding hydrogens is 647 g/mol. The standard InChI is InChI=1S/C33H36ClFN6O7/c1-3-47-30(43)23-8-5-4-7-20(28-36-16-25(39-28)19-10-9-18(15-24(19)38-23)37-31(44)46-2)29(42)41-14-6-13-33(17-41)26-22(40-32(45)48-33)12-11-21(34)27(26)35/h9-12,15-16,20,23,38H,3-8,13-14,17H2,1-2H3,(H,36,39)(H,37,44)(H,40,45)/t20-,23+,33+/m1/s1. The van der Waals surface area contributed by atoms with Gasteiger partial charge >= 0.3 is 18.2 Å². The Hall–Kier alpha value is -4.85. The maximum atomic E-state index is 15.5. The first-order valence-corrected chi connectivity index (χ1v) is 16.2. The van der Waals surface area contributed by atoms with Crippen LogP contribution in [0.1, 0.15) is 62.8 Å². The lowest BCUT2D eigenvalue weighted by atomic mass is 9.82. The Bertz CT molecular complexity index is 1750. The van der Waals surface area contributed by atoms with Crippen molar-refractivity contribution in [2.24, 2.45) is 0 Å². The Morgan fingerprint density at radius 1 is 1.17 bits per heavy atom. The summed E-state index contributed by atoms with van der Waals surface area (Å²) in [6, 6.07) is 7.33. The summed E-state index contributed by atoms with van der Waals surface area (Å²) in [6.07, 6.45) is 2.99. The normalized spacial score (nSPS) is 22.0. The molecule has 0 saturated carbocycles. The molecule has 13 nitrogen and oxygen atoms in total. The first-order chi connectivity index (χ1) is 23.1. The van der Waals surface area contributed by atoms with E-state index in [-0.39, 0.29) is 35.3 Å². The van der Waals surface area contributed by atoms with E-state index in [1.807, 2.05) is 0 Å². The van der Waals surface area contributed by atoms with E-state index in [1.54, 1.807) is 36.2 Å². The zero-order valence-electron chi connectivity index (χ0n) is 26.5. The minimum atomic E-state index is -1.41. The Morgan fingerprint density at radius 3 is 2.77 bits per heavy atom. The van der Waals surface area contributed by atoms with E-state index in [0.29, 0.717) is 73.5 Å². The molecule has 2 aromatic carbocycles. The number of likely N-dealkylation sites (tertiary alicyclic amines) is 1. The quantitative estimate of drug-likeness (QED) is 0.187. The van der Waals surface area contributed by atoms with Crippen molar-refractivity contribution in [1.82, 2.24) is 14.9 Å². The molecule has 4 heterocycles. The summed E-state index contributed by atoms with van der Waals surface area (Å²) >= 11 is 6.14. The molecule has 1 fully saturated rings. The molecule has 0 unspecified atom stereocenters. The topological polar surface area (TPSA) is 164 Å². The number of aromatic nitrogens is 2. The van der Waals surface area contributed by atoms with E-state index >= 15 is 4.39 Å². The van der Waals surface area contributed by atoms with Crippen molar-refractivity contribution < 1.29 is 37.8 Å². The third kappa shape index (κ3) is 6.48. The van der Waals surface area contributed by atoms with Gasteiger partial charge < -0.3 is 29.4 Å². The van der Waals surface area contributed by atoms with Crippen molar-refractivity contribution in [2.75, 3.05) is 42.8 Å². The molecule has 15 heteroatoms. The van der Waals surface area contributed by atoms with Crippen LogP contribution in [0.3, 0.4) is 0 Å². The Balaban J connectivity index is 1.34. The zero-order chi connectivity index (χ0) is 34.0. The summed E-state index contributed by atoms with van der Waals surface area (Å²) in [7, 11) is 1.26. The van der Waals surface area contributed by atoms with Gasteiger partial charge in [-0.15, -0.1) is 0 Å². The first-order valence-electron chi connectivity index (χ1n) is 15.9. The molecule has 0 aliphatic carbocycles. The largest absolute Gasteiger partial charge is 0.464 e. The Labute approximate surface area is 280 Å². The van der Waals surface area contributed by atoms with E-state index in [0.717, 1.165) is 0 Å². The van der Waals surface area contributed by atoms with Crippen LogP contribution in [0.25, 0.3) is 11.3 Å². The van der Waals surface area contributed by atoms with Gasteiger partial charge in [0.1, 0.15) is 11.9 Å². The molecule has 2 bridgehead atoms. The summed E-state index contributed by atoms with van der Waals surface area (Å²) in [6.45, 7) is 2.26. The van der Waals surface area contributed by atoms with Gasteiger partial charge in [-0.1, -0.05) is 24.4 Å². The number of halogens is 2. The molecule has 3 aliphatic heterocycles. The van der Waals surface area contributed by atoms with E-state index < -0.39 is 41.5 Å². The minimum absolute atomic E-state index is 0.0543. The summed E-state index contributed by atoms with van der Waals surface area (Å²) < 4.78 is 31.3. The lowest BCUT2D eigenvalue weighted by molar-refractivity contribution is -0.144. The lowest BCUT2D eigenvalue weighted by Crippen LogP contribution is -2.54. The number of ether oxygens (including phenoxy) is 3. The number of methoxy groups -OCH3 is 1. The fourth-order valence-electron chi connectivity index (χ4n) is 6.73. The average Bonchev–Trinajstić information content (AvgIpc) is 3.55. The number of benzene rings is 2. The number of nitrogens with zero attached hydrogens (tertiary/aromatic N) is 2. The monoisotopic (exact) mass is 682 g/mol. The number of carbonyl (C=O) groups excluding carboxylic acids is 4. The summed E-state index contributed by atoms with van der Waals surface area (Å²) in [5.41, 5.74) is 1.17. The zero-order valence-corrected chi connectivity index (χ0v) is 27.2. The maximum absolute atomic E-state index is 15.5. The summed E-state index contributed by atoms with van der Waals surface area (Å²) in [5, 5.41) is 8.37. The van der Waals surface area contributed by atoms with Crippen LogP contribution in [0, 0.1) is 5.82 Å². The predicted octanol–water partition coefficient (Wildman–Crippen LogP) is 6.13. The number of anilines is 3. The second kappa shape index (κ2) is 13.7. The number of hydrogen-bond acceptors (Lipinski definition) is 9. The van der Waals surface area contributed by atoms with E-state index in [1.165, 1.54) is 19.2 Å². The molecule has 1 saturated heterocycles. The number of amides is 3. The maximum Gasteiger partial charge on any atom is 0.412 e. The Kier molecular flexibility index (Phi) is 9.45. The fourth-order valence-corrected chi connectivity index (χ4v) is 6.89. The van der Waals surface area contributed by atoms with Crippen LogP contribution in [0.5, 0.6) is 0 Å². The second-order valence-electron chi connectivity index (χ2n) is 12.0. The Morgan fingerprint density at radius 2 is 1.98 bits per heavy atom. The van der Waals surface area contributed by atoms with Gasteiger partial charge in [0, 0.05) is 23.5 Å². The molecular formula is C33H36ClFN6O7. The molecule has 3 amide bonds. The summed E-state index contributed by atoms with van der Waals surface area (Å²) in [5.74, 6) is -1.63. The van der Waals surface area contributed by atoms with Crippen molar-refractivity contribution in [3.63, 3.8) is 0 Å². The summed E-state index contributed by atoms with van der Waals surface area (Å²) in [4.78, 5) is 61.4. The number of carbonyl (C=O) groups is 4. The first kappa shape index (κ1) is 33.1. The van der Waals surface area contributed by atoms with Crippen LogP contribution in [0.2, 0.25) is 5.02 Å². The second-order valence-corrected chi connectivity index (χ2v) is 12.4. The van der Waals surface area contributed by atoms with Crippen LogP contribution in [0.15, 0.2) is 36.5 Å². The highest BCUT2D eigenvalue weighted by atomic mass is 35.5. The van der Waals surface area contributed by atoms with Crippen molar-refractivity contribution in [3.05, 3.63) is 58.8 Å². The molecule has 4 N–H and O–H groups in total. The van der Waals surface area contributed by atoms with Crippen LogP contribution < -0.4 is 16.0 Å². The highest BCUT2D eigenvalue weighted by Crippen LogP contribution is 2.46. The molecule has 48 heavy (non-hydrogen) atoms. The number of esters is 1. The molecule has 3 atom stereocenters. The molecule has 0 radical (unpaired) electrons. The molecule has 1 spiro atoms. The molecule has 3 aliphatic rings. The highest BCUT2D eigenvalue weighted by molar-refractivity contribution is 6.31. The van der Waals surface area contributed by atoms with E-state index in [4.69, 9.17) is 25.8 Å². The number of nitrogens with one attached hydrogen (secondary N) is 4. The third-order valence-corrected chi connectivity index (χ3v) is 9.24. The van der Waals surface area contributed by atoms with Gasteiger partial charge in [-0.25, -0.2) is 23.8 Å². The predicted molar refractivity (Wildman–Crippen MR) is 174 cm³/mol. The van der Waals surface area contributed by atoms with Crippen molar-refractivity contribution in [1.29, 1.82) is 0 Å². The SMILES string of the molecule is CCOC(=O)[C@@H]1CCCC[C@@H](C(=O)N2CCC[C@@]3(C2)OC(=O)Nc2ccc(Cl)c(F)c23)c2ncc([nH]2)-c2ccc(NC(=O)OC)cc2N1. The third-order valence-electron chi connectivity index (χ3n) is 8.94. The molecule has 1 aromatic heterocycles. The van der Waals surface area contributed by atoms with Gasteiger partial charge in [-0.3, -0.25) is 15.4 Å².